The molecule has 1 saturated heterocycles. The largest absolute Gasteiger partial charge is 0.454 e. The summed E-state index contributed by atoms with van der Waals surface area (Å²) in [6.45, 7) is 1.29. The summed E-state index contributed by atoms with van der Waals surface area (Å²) in [4.78, 5) is 28.8. The molecule has 1 atom stereocenters. The third-order valence-electron chi connectivity index (χ3n) is 5.80. The third-order valence-corrected chi connectivity index (χ3v) is 6.12. The van der Waals surface area contributed by atoms with Gasteiger partial charge in [0.15, 0.2) is 22.1 Å². The van der Waals surface area contributed by atoms with Gasteiger partial charge in [-0.05, 0) is 61.3 Å². The number of ether oxygens (including phenoxy) is 3. The summed E-state index contributed by atoms with van der Waals surface area (Å²) in [6.07, 6.45) is 3.41. The molecule has 0 radical (unpaired) electrons. The van der Waals surface area contributed by atoms with Crippen LogP contribution in [0.1, 0.15) is 41.6 Å². The Morgan fingerprint density at radius 3 is 2.87 bits per heavy atom. The monoisotopic (exact) mass is 438 g/mol. The highest BCUT2D eigenvalue weighted by Gasteiger charge is 2.18. The minimum Gasteiger partial charge on any atom is -0.454 e. The van der Waals surface area contributed by atoms with Crippen LogP contribution in [0.2, 0.25) is 0 Å². The van der Waals surface area contributed by atoms with Crippen molar-refractivity contribution in [3.63, 3.8) is 0 Å². The van der Waals surface area contributed by atoms with E-state index in [1.807, 2.05) is 18.2 Å². The zero-order valence-corrected chi connectivity index (χ0v) is 17.7. The maximum Gasteiger partial charge on any atom is 0.262 e. The Labute approximate surface area is 183 Å². The van der Waals surface area contributed by atoms with Crippen molar-refractivity contribution in [1.82, 2.24) is 9.55 Å². The van der Waals surface area contributed by atoms with Crippen LogP contribution in [0, 0.1) is 4.77 Å². The molecule has 0 bridgehead atoms. The van der Waals surface area contributed by atoms with E-state index in [1.165, 1.54) is 4.57 Å². The summed E-state index contributed by atoms with van der Waals surface area (Å²) in [7, 11) is 0. The number of aromatic amines is 1. The van der Waals surface area contributed by atoms with E-state index in [2.05, 4.69) is 4.98 Å². The van der Waals surface area contributed by atoms with E-state index in [4.69, 9.17) is 26.4 Å². The van der Waals surface area contributed by atoms with Gasteiger partial charge in [0, 0.05) is 18.6 Å². The zero-order chi connectivity index (χ0) is 21.4. The normalized spacial score (nSPS) is 17.4. The summed E-state index contributed by atoms with van der Waals surface area (Å²) in [5.41, 5.74) is 1.82. The summed E-state index contributed by atoms with van der Waals surface area (Å²) in [5, 5.41) is 0.491. The number of ketones is 1. The van der Waals surface area contributed by atoms with Gasteiger partial charge >= 0.3 is 0 Å². The topological polar surface area (TPSA) is 82.6 Å². The van der Waals surface area contributed by atoms with Gasteiger partial charge in [-0.1, -0.05) is 12.1 Å². The zero-order valence-electron chi connectivity index (χ0n) is 16.9. The van der Waals surface area contributed by atoms with Gasteiger partial charge in [-0.25, -0.2) is 0 Å². The van der Waals surface area contributed by atoms with Crippen LogP contribution in [0.3, 0.4) is 0 Å². The Morgan fingerprint density at radius 2 is 2.03 bits per heavy atom. The summed E-state index contributed by atoms with van der Waals surface area (Å²) >= 11 is 5.45. The van der Waals surface area contributed by atoms with Gasteiger partial charge in [-0.3, -0.25) is 14.2 Å². The average molecular weight is 439 g/mol. The highest BCUT2D eigenvalue weighted by Crippen LogP contribution is 2.32. The molecule has 2 aromatic carbocycles. The molecule has 5 rings (SSSR count). The molecule has 0 saturated carbocycles. The van der Waals surface area contributed by atoms with Crippen molar-refractivity contribution in [2.75, 3.05) is 13.4 Å². The molecular weight excluding hydrogens is 416 g/mol. The smallest absolute Gasteiger partial charge is 0.262 e. The summed E-state index contributed by atoms with van der Waals surface area (Å²) in [5.74, 6) is 1.39. The summed E-state index contributed by atoms with van der Waals surface area (Å²) < 4.78 is 18.2. The molecule has 31 heavy (non-hydrogen) atoms. The van der Waals surface area contributed by atoms with E-state index in [9.17, 15) is 9.59 Å². The molecule has 160 valence electrons. The van der Waals surface area contributed by atoms with E-state index < -0.39 is 0 Å². The van der Waals surface area contributed by atoms with Crippen molar-refractivity contribution < 1.29 is 19.0 Å². The van der Waals surface area contributed by atoms with E-state index in [-0.39, 0.29) is 24.2 Å². The molecule has 7 nitrogen and oxygen atoms in total. The quantitative estimate of drug-likeness (QED) is 0.463. The molecule has 1 N–H and O–H groups in total. The van der Waals surface area contributed by atoms with Crippen molar-refractivity contribution >= 4 is 28.9 Å². The van der Waals surface area contributed by atoms with Gasteiger partial charge < -0.3 is 19.2 Å². The molecule has 0 spiro atoms. The van der Waals surface area contributed by atoms with Crippen molar-refractivity contribution in [2.45, 2.75) is 38.3 Å². The van der Waals surface area contributed by atoms with Gasteiger partial charge in [0.1, 0.15) is 0 Å². The fourth-order valence-corrected chi connectivity index (χ4v) is 4.36. The van der Waals surface area contributed by atoms with Gasteiger partial charge in [-0.2, -0.15) is 0 Å². The van der Waals surface area contributed by atoms with E-state index >= 15 is 0 Å². The highest BCUT2D eigenvalue weighted by molar-refractivity contribution is 7.71. The fourth-order valence-electron chi connectivity index (χ4n) is 4.10. The minimum atomic E-state index is -0.199. The maximum atomic E-state index is 13.1. The molecule has 0 aliphatic carbocycles. The number of hydrogen-bond acceptors (Lipinski definition) is 6. The number of carbonyl (C=O) groups is 1. The first-order valence-corrected chi connectivity index (χ1v) is 10.8. The second-order valence-corrected chi connectivity index (χ2v) is 8.25. The molecule has 1 unspecified atom stereocenters. The number of hydrogen-bond donors (Lipinski definition) is 1. The van der Waals surface area contributed by atoms with E-state index in [1.54, 1.807) is 18.2 Å². The first-order valence-electron chi connectivity index (χ1n) is 10.4. The van der Waals surface area contributed by atoms with Gasteiger partial charge in [-0.15, -0.1) is 0 Å². The molecule has 0 amide bonds. The van der Waals surface area contributed by atoms with Crippen molar-refractivity contribution in [2.24, 2.45) is 0 Å². The van der Waals surface area contributed by atoms with Crippen LogP contribution in [-0.2, 0) is 11.3 Å². The lowest BCUT2D eigenvalue weighted by Gasteiger charge is -2.11. The van der Waals surface area contributed by atoms with Crippen molar-refractivity contribution in [3.8, 4) is 11.5 Å². The molecule has 3 aromatic rings. The SMILES string of the molecule is O=C(CCC1CCCO1)c1ccc2c(=O)n(Cc3ccc4c(c3)OCO4)c(=S)[nH]c2c1. The van der Waals surface area contributed by atoms with Crippen LogP contribution in [0.25, 0.3) is 10.9 Å². The Kier molecular flexibility index (Phi) is 5.33. The predicted octanol–water partition coefficient (Wildman–Crippen LogP) is 3.98. The number of carbonyl (C=O) groups excluding carboxylic acids is 1. The lowest BCUT2D eigenvalue weighted by molar-refractivity contribution is 0.0859. The number of aromatic nitrogens is 2. The Morgan fingerprint density at radius 1 is 1.16 bits per heavy atom. The van der Waals surface area contributed by atoms with Crippen molar-refractivity contribution in [3.05, 3.63) is 62.6 Å². The third kappa shape index (κ3) is 4.00. The van der Waals surface area contributed by atoms with Gasteiger partial charge in [0.2, 0.25) is 6.79 Å². The molecule has 2 aliphatic rings. The lowest BCUT2D eigenvalue weighted by atomic mass is 10.0. The molecule has 2 aliphatic heterocycles. The van der Waals surface area contributed by atoms with Crippen LogP contribution in [0.4, 0.5) is 0 Å². The van der Waals surface area contributed by atoms with Crippen LogP contribution in [0.15, 0.2) is 41.2 Å². The second-order valence-electron chi connectivity index (χ2n) is 7.87. The first kappa shape index (κ1) is 20.0. The first-order chi connectivity index (χ1) is 15.1. The van der Waals surface area contributed by atoms with Crippen LogP contribution >= 0.6 is 12.2 Å². The van der Waals surface area contributed by atoms with Crippen LogP contribution in [0.5, 0.6) is 11.5 Å². The van der Waals surface area contributed by atoms with E-state index in [0.29, 0.717) is 45.7 Å². The molecule has 1 aromatic heterocycles. The van der Waals surface area contributed by atoms with Crippen LogP contribution < -0.4 is 15.0 Å². The standard InChI is InChI=1S/C23H22N2O5S/c26-19(7-5-16-2-1-9-28-16)15-4-6-17-18(11-15)24-23(31)25(22(17)27)12-14-3-8-20-21(10-14)30-13-29-20/h3-4,6,8,10-11,16H,1-2,5,7,9,12-13H2,(H,24,31). The molecular formula is C23H22N2O5S. The number of rotatable bonds is 6. The number of benzene rings is 2. The van der Waals surface area contributed by atoms with E-state index in [0.717, 1.165) is 31.4 Å². The molecule has 1 fully saturated rings. The Balaban J connectivity index is 1.40. The number of H-pyrrole nitrogens is 1. The second kappa shape index (κ2) is 8.28. The van der Waals surface area contributed by atoms with Crippen molar-refractivity contribution in [1.29, 1.82) is 0 Å². The lowest BCUT2D eigenvalue weighted by Crippen LogP contribution is -2.23. The van der Waals surface area contributed by atoms with Crippen LogP contribution in [-0.4, -0.2) is 34.8 Å². The number of fused-ring (bicyclic) bond motifs is 2. The highest BCUT2D eigenvalue weighted by atomic mass is 32.1. The number of Topliss-reactive ketones (excluding diaryl/α,β-unsaturated/α-hetero) is 1. The van der Waals surface area contributed by atoms with Gasteiger partial charge in [0.25, 0.3) is 5.56 Å². The number of nitrogens with zero attached hydrogens (tertiary/aromatic N) is 1. The summed E-state index contributed by atoms with van der Waals surface area (Å²) in [6, 6.07) is 10.7. The minimum absolute atomic E-state index is 0.0428. The average Bonchev–Trinajstić information content (AvgIpc) is 3.46. The Hall–Kier alpha value is -2.97. The van der Waals surface area contributed by atoms with Gasteiger partial charge in [0.05, 0.1) is 23.6 Å². The molecule has 8 heteroatoms. The Bertz CT molecular complexity index is 1270. The fraction of sp³-hybridized carbons (Fsp3) is 0.348. The maximum absolute atomic E-state index is 13.1. The number of nitrogens with one attached hydrogen (secondary N) is 1. The predicted molar refractivity (Wildman–Crippen MR) is 118 cm³/mol. The molecule has 3 heterocycles.